The quantitative estimate of drug-likeness (QED) is 0.797. The third kappa shape index (κ3) is 4.97. The van der Waals surface area contributed by atoms with E-state index in [2.05, 4.69) is 5.32 Å². The third-order valence-electron chi connectivity index (χ3n) is 5.81. The second-order valence-corrected chi connectivity index (χ2v) is 8.20. The Morgan fingerprint density at radius 1 is 1.07 bits per heavy atom. The summed E-state index contributed by atoms with van der Waals surface area (Å²) in [6.45, 7) is 3.05. The maximum Gasteiger partial charge on any atom is 0.229 e. The lowest BCUT2D eigenvalue weighted by Crippen LogP contribution is -2.28. The highest BCUT2D eigenvalue weighted by Crippen LogP contribution is 2.26. The summed E-state index contributed by atoms with van der Waals surface area (Å²) >= 11 is 0. The molecule has 1 saturated heterocycles. The summed E-state index contributed by atoms with van der Waals surface area (Å²) in [5.41, 5.74) is 3.01. The average Bonchev–Trinajstić information content (AvgIpc) is 3.35. The van der Waals surface area contributed by atoms with Crippen LogP contribution in [0, 0.1) is 12.8 Å². The molecule has 2 amide bonds. The molecule has 1 heterocycles. The largest absolute Gasteiger partial charge is 0.490 e. The first-order valence-corrected chi connectivity index (χ1v) is 10.5. The van der Waals surface area contributed by atoms with Crippen molar-refractivity contribution >= 4 is 17.5 Å². The molecule has 1 saturated carbocycles. The van der Waals surface area contributed by atoms with Gasteiger partial charge in [-0.25, -0.2) is 0 Å². The molecule has 1 unspecified atom stereocenters. The van der Waals surface area contributed by atoms with Gasteiger partial charge in [-0.2, -0.15) is 0 Å². The molecule has 5 heteroatoms. The number of nitrogens with zero attached hydrogens (tertiary/aromatic N) is 1. The van der Waals surface area contributed by atoms with Crippen LogP contribution in [0.3, 0.4) is 0 Å². The van der Waals surface area contributed by atoms with Crippen molar-refractivity contribution in [2.24, 2.45) is 5.92 Å². The van der Waals surface area contributed by atoms with Crippen LogP contribution in [0.5, 0.6) is 5.75 Å². The maximum absolute atomic E-state index is 12.6. The summed E-state index contributed by atoms with van der Waals surface area (Å²) in [7, 11) is 0. The Balaban J connectivity index is 1.30. The van der Waals surface area contributed by atoms with Gasteiger partial charge in [0.1, 0.15) is 5.75 Å². The van der Waals surface area contributed by atoms with E-state index in [1.54, 1.807) is 4.90 Å². The molecule has 2 aromatic rings. The number of rotatable bonds is 6. The highest BCUT2D eigenvalue weighted by Gasteiger charge is 2.34. The number of nitrogens with one attached hydrogen (secondary N) is 1. The van der Waals surface area contributed by atoms with Gasteiger partial charge in [0.05, 0.1) is 12.0 Å². The number of carbonyl (C=O) groups excluding carboxylic acids is 2. The number of likely N-dealkylation sites (tertiary alicyclic amines) is 1. The summed E-state index contributed by atoms with van der Waals surface area (Å²) < 4.78 is 5.96. The molecule has 2 aliphatic rings. The fourth-order valence-electron chi connectivity index (χ4n) is 4.07. The molecule has 1 aliphatic carbocycles. The minimum Gasteiger partial charge on any atom is -0.490 e. The molecular weight excluding hydrogens is 364 g/mol. The maximum atomic E-state index is 12.6. The Labute approximate surface area is 172 Å². The molecule has 0 spiro atoms. The second-order valence-electron chi connectivity index (χ2n) is 8.20. The lowest BCUT2D eigenvalue weighted by molar-refractivity contribution is -0.128. The molecule has 0 bridgehead atoms. The van der Waals surface area contributed by atoms with Crippen LogP contribution in [0.1, 0.15) is 43.2 Å². The van der Waals surface area contributed by atoms with Crippen LogP contribution in [0.15, 0.2) is 48.5 Å². The predicted octanol–water partition coefficient (Wildman–Crippen LogP) is 4.30. The van der Waals surface area contributed by atoms with Crippen LogP contribution < -0.4 is 10.1 Å². The molecule has 2 fully saturated rings. The van der Waals surface area contributed by atoms with Gasteiger partial charge in [-0.05, 0) is 62.4 Å². The minimum atomic E-state index is -0.317. The van der Waals surface area contributed by atoms with Crippen molar-refractivity contribution in [1.29, 1.82) is 0 Å². The van der Waals surface area contributed by atoms with Gasteiger partial charge >= 0.3 is 0 Å². The van der Waals surface area contributed by atoms with Crippen molar-refractivity contribution < 1.29 is 14.3 Å². The van der Waals surface area contributed by atoms with E-state index >= 15 is 0 Å². The Kier molecular flexibility index (Phi) is 5.84. The summed E-state index contributed by atoms with van der Waals surface area (Å²) in [5, 5.41) is 2.94. The van der Waals surface area contributed by atoms with Gasteiger partial charge in [0.25, 0.3) is 0 Å². The summed E-state index contributed by atoms with van der Waals surface area (Å²) in [5.74, 6) is 0.456. The number of aryl methyl sites for hydroxylation is 1. The Bertz CT molecular complexity index is 855. The Morgan fingerprint density at radius 3 is 2.45 bits per heavy atom. The fourth-order valence-corrected chi connectivity index (χ4v) is 4.07. The number of hydrogen-bond donors (Lipinski definition) is 1. The van der Waals surface area contributed by atoms with Crippen molar-refractivity contribution in [2.45, 2.75) is 51.7 Å². The normalized spacial score (nSPS) is 19.6. The Morgan fingerprint density at radius 2 is 1.76 bits per heavy atom. The van der Waals surface area contributed by atoms with Crippen molar-refractivity contribution in [3.8, 4) is 5.75 Å². The third-order valence-corrected chi connectivity index (χ3v) is 5.81. The van der Waals surface area contributed by atoms with Gasteiger partial charge in [0, 0.05) is 25.2 Å². The van der Waals surface area contributed by atoms with E-state index in [-0.39, 0.29) is 24.2 Å². The molecule has 0 radical (unpaired) electrons. The molecule has 0 aromatic heterocycles. The standard InChI is InChI=1S/C24H28N2O3/c1-17-6-8-18(9-7-17)15-26-16-19(14-23(26)27)24(28)25-20-10-12-22(13-11-20)29-21-4-2-3-5-21/h6-13,19,21H,2-5,14-16H2,1H3,(H,25,28). The summed E-state index contributed by atoms with van der Waals surface area (Å²) in [6.07, 6.45) is 5.29. The van der Waals surface area contributed by atoms with Crippen LogP contribution in [0.25, 0.3) is 0 Å². The van der Waals surface area contributed by atoms with Gasteiger partial charge in [-0.3, -0.25) is 9.59 Å². The molecule has 4 rings (SSSR count). The zero-order chi connectivity index (χ0) is 20.2. The van der Waals surface area contributed by atoms with E-state index in [1.165, 1.54) is 18.4 Å². The SMILES string of the molecule is Cc1ccc(CN2CC(C(=O)Nc3ccc(OC4CCCC4)cc3)CC2=O)cc1. The lowest BCUT2D eigenvalue weighted by atomic mass is 10.1. The average molecular weight is 392 g/mol. The number of carbonyl (C=O) groups is 2. The van der Waals surface area contributed by atoms with Gasteiger partial charge in [0.2, 0.25) is 11.8 Å². The van der Waals surface area contributed by atoms with E-state index in [0.29, 0.717) is 19.2 Å². The van der Waals surface area contributed by atoms with E-state index in [9.17, 15) is 9.59 Å². The molecule has 152 valence electrons. The smallest absolute Gasteiger partial charge is 0.229 e. The zero-order valence-corrected chi connectivity index (χ0v) is 16.9. The van der Waals surface area contributed by atoms with Crippen LogP contribution in [0.2, 0.25) is 0 Å². The van der Waals surface area contributed by atoms with Crippen molar-refractivity contribution in [3.05, 3.63) is 59.7 Å². The van der Waals surface area contributed by atoms with Crippen LogP contribution >= 0.6 is 0 Å². The van der Waals surface area contributed by atoms with Gasteiger partial charge in [-0.15, -0.1) is 0 Å². The second kappa shape index (κ2) is 8.68. The monoisotopic (exact) mass is 392 g/mol. The van der Waals surface area contributed by atoms with Gasteiger partial charge < -0.3 is 15.0 Å². The van der Waals surface area contributed by atoms with Crippen molar-refractivity contribution in [3.63, 3.8) is 0 Å². The first-order valence-electron chi connectivity index (χ1n) is 10.5. The van der Waals surface area contributed by atoms with E-state index < -0.39 is 0 Å². The molecule has 5 nitrogen and oxygen atoms in total. The molecule has 1 atom stereocenters. The molecule has 2 aromatic carbocycles. The van der Waals surface area contributed by atoms with Crippen LogP contribution in [0.4, 0.5) is 5.69 Å². The van der Waals surface area contributed by atoms with Crippen molar-refractivity contribution in [1.82, 2.24) is 4.90 Å². The predicted molar refractivity (Wildman–Crippen MR) is 113 cm³/mol. The first kappa shape index (κ1) is 19.5. The van der Waals surface area contributed by atoms with Crippen LogP contribution in [-0.4, -0.2) is 29.4 Å². The summed E-state index contributed by atoms with van der Waals surface area (Å²) in [6, 6.07) is 15.7. The number of hydrogen-bond acceptors (Lipinski definition) is 3. The Hall–Kier alpha value is -2.82. The number of amides is 2. The molecule has 1 aliphatic heterocycles. The minimum absolute atomic E-state index is 0.0334. The first-order chi connectivity index (χ1) is 14.1. The van der Waals surface area contributed by atoms with E-state index in [1.807, 2.05) is 55.5 Å². The fraction of sp³-hybridized carbons (Fsp3) is 0.417. The van der Waals surface area contributed by atoms with E-state index in [0.717, 1.165) is 29.8 Å². The number of anilines is 1. The van der Waals surface area contributed by atoms with E-state index in [4.69, 9.17) is 4.74 Å². The van der Waals surface area contributed by atoms with Gasteiger partial charge in [0.15, 0.2) is 0 Å². The number of ether oxygens (including phenoxy) is 1. The molecule has 1 N–H and O–H groups in total. The highest BCUT2D eigenvalue weighted by molar-refractivity contribution is 5.97. The lowest BCUT2D eigenvalue weighted by Gasteiger charge is -2.17. The topological polar surface area (TPSA) is 58.6 Å². The van der Waals surface area contributed by atoms with Crippen molar-refractivity contribution in [2.75, 3.05) is 11.9 Å². The van der Waals surface area contributed by atoms with Crippen LogP contribution in [-0.2, 0) is 16.1 Å². The highest BCUT2D eigenvalue weighted by atomic mass is 16.5. The molecular formula is C24H28N2O3. The summed E-state index contributed by atoms with van der Waals surface area (Å²) in [4.78, 5) is 26.8. The van der Waals surface area contributed by atoms with Gasteiger partial charge in [-0.1, -0.05) is 29.8 Å². The number of benzene rings is 2. The zero-order valence-electron chi connectivity index (χ0n) is 16.9. The molecule has 29 heavy (non-hydrogen) atoms.